The predicted octanol–water partition coefficient (Wildman–Crippen LogP) is 3.24. The molecule has 200 valence electrons. The van der Waals surface area contributed by atoms with Crippen LogP contribution in [0.25, 0.3) is 22.4 Å². The summed E-state index contributed by atoms with van der Waals surface area (Å²) in [6.07, 6.45) is 2.66. The van der Waals surface area contributed by atoms with Gasteiger partial charge in [-0.05, 0) is 71.2 Å². The molecule has 0 spiro atoms. The Hall–Kier alpha value is -3.01. The van der Waals surface area contributed by atoms with Crippen LogP contribution in [0.15, 0.2) is 35.3 Å². The first-order chi connectivity index (χ1) is 17.4. The number of nitrogens with zero attached hydrogens (tertiary/aromatic N) is 3. The summed E-state index contributed by atoms with van der Waals surface area (Å²) < 4.78 is 15.0. The van der Waals surface area contributed by atoms with Gasteiger partial charge in [-0.2, -0.15) is 0 Å². The molecule has 9 heteroatoms. The van der Waals surface area contributed by atoms with E-state index in [2.05, 4.69) is 16.0 Å². The third kappa shape index (κ3) is 6.11. The fourth-order valence-electron chi connectivity index (χ4n) is 4.81. The number of esters is 1. The van der Waals surface area contributed by atoms with Crippen LogP contribution in [-0.2, 0) is 27.9 Å². The molecule has 2 N–H and O–H groups in total. The van der Waals surface area contributed by atoms with Crippen LogP contribution < -0.4 is 10.9 Å². The summed E-state index contributed by atoms with van der Waals surface area (Å²) >= 11 is 0. The molecule has 3 aromatic rings. The van der Waals surface area contributed by atoms with E-state index in [0.717, 1.165) is 40.8 Å². The second-order valence-corrected chi connectivity index (χ2v) is 10.9. The zero-order chi connectivity index (χ0) is 26.9. The molecule has 0 saturated carbocycles. The van der Waals surface area contributed by atoms with Crippen molar-refractivity contribution in [2.45, 2.75) is 77.8 Å². The molecule has 1 saturated heterocycles. The summed E-state index contributed by atoms with van der Waals surface area (Å²) in [7, 11) is 1.76. The molecule has 0 unspecified atom stereocenters. The fourth-order valence-corrected chi connectivity index (χ4v) is 4.81. The maximum Gasteiger partial charge on any atom is 0.326 e. The summed E-state index contributed by atoms with van der Waals surface area (Å²) in [6, 6.07) is 7.29. The average molecular weight is 511 g/mol. The number of benzene rings is 1. The Labute approximate surface area is 217 Å². The van der Waals surface area contributed by atoms with E-state index < -0.39 is 23.7 Å². The van der Waals surface area contributed by atoms with Crippen LogP contribution in [0.2, 0.25) is 0 Å². The normalized spacial score (nSPS) is 16.6. The van der Waals surface area contributed by atoms with Gasteiger partial charge in [0.2, 0.25) is 0 Å². The zero-order valence-electron chi connectivity index (χ0n) is 22.6. The zero-order valence-corrected chi connectivity index (χ0v) is 22.6. The van der Waals surface area contributed by atoms with Gasteiger partial charge in [0.1, 0.15) is 17.5 Å². The van der Waals surface area contributed by atoms with E-state index in [1.807, 2.05) is 31.3 Å². The SMILES string of the molecule is Cc1cc(-c2nc3ccc(CN[C@@H](C(=O)OC(C)(C)C)[C@@H](C)O)cc3n2C2CCOCC2)cn(C)c1=O. The Kier molecular flexibility index (Phi) is 7.87. The average Bonchev–Trinajstić information content (AvgIpc) is 3.20. The maximum atomic E-state index is 12.6. The first-order valence-corrected chi connectivity index (χ1v) is 12.8. The topological polar surface area (TPSA) is 108 Å². The highest BCUT2D eigenvalue weighted by Gasteiger charge is 2.29. The summed E-state index contributed by atoms with van der Waals surface area (Å²) in [5.74, 6) is 0.337. The Balaban J connectivity index is 1.71. The van der Waals surface area contributed by atoms with Crippen LogP contribution in [0.3, 0.4) is 0 Å². The molecule has 0 amide bonds. The van der Waals surface area contributed by atoms with Crippen LogP contribution in [0, 0.1) is 6.92 Å². The van der Waals surface area contributed by atoms with Crippen molar-refractivity contribution >= 4 is 17.0 Å². The molecule has 1 fully saturated rings. The fraction of sp³-hybridized carbons (Fsp3) is 0.536. The largest absolute Gasteiger partial charge is 0.459 e. The van der Waals surface area contributed by atoms with Crippen molar-refractivity contribution in [2.75, 3.05) is 13.2 Å². The first kappa shape index (κ1) is 27.0. The van der Waals surface area contributed by atoms with Gasteiger partial charge in [0, 0.05) is 50.2 Å². The van der Waals surface area contributed by atoms with Crippen LogP contribution in [0.5, 0.6) is 0 Å². The lowest BCUT2D eigenvalue weighted by Crippen LogP contribution is -2.47. The summed E-state index contributed by atoms with van der Waals surface area (Å²) in [4.78, 5) is 29.9. The molecule has 0 aliphatic carbocycles. The molecule has 4 rings (SSSR count). The smallest absolute Gasteiger partial charge is 0.326 e. The lowest BCUT2D eigenvalue weighted by Gasteiger charge is -2.26. The van der Waals surface area contributed by atoms with Crippen molar-refractivity contribution in [1.82, 2.24) is 19.4 Å². The van der Waals surface area contributed by atoms with Gasteiger partial charge in [-0.25, -0.2) is 4.98 Å². The minimum atomic E-state index is -0.911. The van der Waals surface area contributed by atoms with Gasteiger partial charge in [0.15, 0.2) is 0 Å². The Bertz CT molecular complexity index is 1300. The highest BCUT2D eigenvalue weighted by atomic mass is 16.6. The Morgan fingerprint density at radius 1 is 1.27 bits per heavy atom. The summed E-state index contributed by atoms with van der Waals surface area (Å²) in [5, 5.41) is 13.4. The lowest BCUT2D eigenvalue weighted by molar-refractivity contribution is -0.160. The van der Waals surface area contributed by atoms with Gasteiger partial charge in [0.25, 0.3) is 5.56 Å². The molecule has 3 heterocycles. The molecule has 9 nitrogen and oxygen atoms in total. The molecule has 2 aromatic heterocycles. The van der Waals surface area contributed by atoms with E-state index in [4.69, 9.17) is 14.5 Å². The summed E-state index contributed by atoms with van der Waals surface area (Å²) in [5.41, 5.74) is 3.69. The van der Waals surface area contributed by atoms with Gasteiger partial charge in [-0.3, -0.25) is 14.9 Å². The molecule has 2 atom stereocenters. The molecule has 0 bridgehead atoms. The van der Waals surface area contributed by atoms with Crippen LogP contribution in [-0.4, -0.2) is 56.2 Å². The molecule has 1 aromatic carbocycles. The number of fused-ring (bicyclic) bond motifs is 1. The van der Waals surface area contributed by atoms with Gasteiger partial charge in [0.05, 0.1) is 17.1 Å². The quantitative estimate of drug-likeness (QED) is 0.470. The van der Waals surface area contributed by atoms with Gasteiger partial charge in [-0.1, -0.05) is 6.07 Å². The minimum absolute atomic E-state index is 0.0245. The summed E-state index contributed by atoms with van der Waals surface area (Å²) in [6.45, 7) is 10.6. The predicted molar refractivity (Wildman–Crippen MR) is 142 cm³/mol. The third-order valence-electron chi connectivity index (χ3n) is 6.60. The van der Waals surface area contributed by atoms with Crippen molar-refractivity contribution in [3.63, 3.8) is 0 Å². The first-order valence-electron chi connectivity index (χ1n) is 12.8. The Morgan fingerprint density at radius 3 is 2.59 bits per heavy atom. The number of imidazole rings is 1. The second-order valence-electron chi connectivity index (χ2n) is 10.9. The molecule has 1 aliphatic rings. The molecule has 37 heavy (non-hydrogen) atoms. The number of carbonyl (C=O) groups is 1. The highest BCUT2D eigenvalue weighted by molar-refractivity contribution is 5.82. The number of pyridine rings is 1. The number of nitrogens with one attached hydrogen (secondary N) is 1. The number of rotatable bonds is 7. The Morgan fingerprint density at radius 2 is 1.97 bits per heavy atom. The number of aliphatic hydroxyl groups is 1. The molecular formula is C28H38N4O5. The van der Waals surface area contributed by atoms with Crippen molar-refractivity contribution < 1.29 is 19.4 Å². The van der Waals surface area contributed by atoms with Crippen LogP contribution in [0.4, 0.5) is 0 Å². The van der Waals surface area contributed by atoms with Crippen molar-refractivity contribution in [1.29, 1.82) is 0 Å². The number of ether oxygens (including phenoxy) is 2. The van der Waals surface area contributed by atoms with Crippen LogP contribution >= 0.6 is 0 Å². The number of hydrogen-bond donors (Lipinski definition) is 2. The highest BCUT2D eigenvalue weighted by Crippen LogP contribution is 2.33. The number of aromatic nitrogens is 3. The van der Waals surface area contributed by atoms with Gasteiger partial charge < -0.3 is 23.7 Å². The molecule has 0 radical (unpaired) electrons. The molecule has 1 aliphatic heterocycles. The van der Waals surface area contributed by atoms with Crippen molar-refractivity contribution in [2.24, 2.45) is 7.05 Å². The van der Waals surface area contributed by atoms with Gasteiger partial charge >= 0.3 is 5.97 Å². The number of carbonyl (C=O) groups excluding carboxylic acids is 1. The maximum absolute atomic E-state index is 12.6. The molecular weight excluding hydrogens is 472 g/mol. The van der Waals surface area contributed by atoms with Gasteiger partial charge in [-0.15, -0.1) is 0 Å². The van der Waals surface area contributed by atoms with E-state index in [0.29, 0.717) is 25.3 Å². The standard InChI is InChI=1S/C28H38N4O5/c1-17-13-20(16-31(6)26(17)34)25-30-22-8-7-19(14-23(22)32(25)21-9-11-36-12-10-21)15-29-24(18(2)33)27(35)37-28(3,4)5/h7-8,13-14,16,18,21,24,29,33H,9-12,15H2,1-6H3/t18-,24-/m1/s1. The van der Waals surface area contributed by atoms with E-state index in [1.54, 1.807) is 39.3 Å². The van der Waals surface area contributed by atoms with Crippen LogP contribution in [0.1, 0.15) is 57.7 Å². The van der Waals surface area contributed by atoms with E-state index >= 15 is 0 Å². The number of hydrogen-bond acceptors (Lipinski definition) is 7. The number of aliphatic hydroxyl groups excluding tert-OH is 1. The lowest BCUT2D eigenvalue weighted by atomic mass is 10.1. The van der Waals surface area contributed by atoms with Crippen molar-refractivity contribution in [3.05, 3.63) is 51.9 Å². The van der Waals surface area contributed by atoms with E-state index in [-0.39, 0.29) is 11.6 Å². The number of aryl methyl sites for hydroxylation is 2. The van der Waals surface area contributed by atoms with E-state index in [9.17, 15) is 14.7 Å². The van der Waals surface area contributed by atoms with Crippen molar-refractivity contribution in [3.8, 4) is 11.4 Å². The third-order valence-corrected chi connectivity index (χ3v) is 6.60. The minimum Gasteiger partial charge on any atom is -0.459 e. The monoisotopic (exact) mass is 510 g/mol. The second kappa shape index (κ2) is 10.8. The van der Waals surface area contributed by atoms with E-state index in [1.165, 1.54) is 0 Å².